The van der Waals surface area contributed by atoms with Crippen LogP contribution in [0, 0.1) is 11.2 Å². The molecule has 2 aromatic rings. The molecule has 1 amide bonds. The van der Waals surface area contributed by atoms with E-state index < -0.39 is 21.3 Å². The highest BCUT2D eigenvalue weighted by Gasteiger charge is 2.45. The summed E-state index contributed by atoms with van der Waals surface area (Å²) in [6.45, 7) is 4.05. The van der Waals surface area contributed by atoms with Crippen molar-refractivity contribution < 1.29 is 17.6 Å². The van der Waals surface area contributed by atoms with Gasteiger partial charge in [-0.05, 0) is 92.8 Å². The van der Waals surface area contributed by atoms with E-state index in [2.05, 4.69) is 17.0 Å². The Hall–Kier alpha value is -2.45. The summed E-state index contributed by atoms with van der Waals surface area (Å²) < 4.78 is 42.3. The fraction of sp³-hybridized carbons (Fsp3) is 0.480. The lowest BCUT2D eigenvalue weighted by atomic mass is 9.63. The van der Waals surface area contributed by atoms with Gasteiger partial charge in [0.1, 0.15) is 5.82 Å². The number of rotatable bonds is 6. The lowest BCUT2D eigenvalue weighted by molar-refractivity contribution is -0.131. The Kier molecular flexibility index (Phi) is 6.51. The van der Waals surface area contributed by atoms with Crippen molar-refractivity contribution in [2.24, 2.45) is 11.1 Å². The minimum absolute atomic E-state index is 0.191. The molecule has 2 aromatic carbocycles. The molecule has 178 valence electrons. The Bertz CT molecular complexity index is 1130. The number of primary amides is 1. The summed E-state index contributed by atoms with van der Waals surface area (Å²) in [5, 5.41) is 3.39. The molecular weight excluding hydrogens is 441 g/mol. The van der Waals surface area contributed by atoms with Gasteiger partial charge in [-0.2, -0.15) is 0 Å². The molecular formula is C25H32FN3O3S. The molecule has 1 heterocycles. The summed E-state index contributed by atoms with van der Waals surface area (Å²) in [6, 6.07) is 11.5. The smallest absolute Gasteiger partial charge is 0.240 e. The van der Waals surface area contributed by atoms with Crippen LogP contribution in [0.2, 0.25) is 0 Å². The zero-order valence-corrected chi connectivity index (χ0v) is 19.9. The highest BCUT2D eigenvalue weighted by molar-refractivity contribution is 7.89. The number of aryl methyl sites for hydroxylation is 1. The molecule has 8 heteroatoms. The van der Waals surface area contributed by atoms with Crippen molar-refractivity contribution in [3.63, 3.8) is 0 Å². The molecule has 2 aliphatic rings. The first-order chi connectivity index (χ1) is 15.6. The largest absolute Gasteiger partial charge is 0.382 e. The normalized spacial score (nSPS) is 26.2. The summed E-state index contributed by atoms with van der Waals surface area (Å²) in [5.41, 5.74) is 7.93. The maximum Gasteiger partial charge on any atom is 0.240 e. The van der Waals surface area contributed by atoms with Crippen LogP contribution in [-0.4, -0.2) is 26.4 Å². The van der Waals surface area contributed by atoms with Gasteiger partial charge in [0.25, 0.3) is 0 Å². The van der Waals surface area contributed by atoms with E-state index in [4.69, 9.17) is 5.73 Å². The van der Waals surface area contributed by atoms with E-state index in [0.29, 0.717) is 31.7 Å². The highest BCUT2D eigenvalue weighted by atomic mass is 32.2. The van der Waals surface area contributed by atoms with Crippen LogP contribution in [-0.2, 0) is 21.2 Å². The zero-order valence-electron chi connectivity index (χ0n) is 19.1. The van der Waals surface area contributed by atoms with Gasteiger partial charge in [-0.1, -0.05) is 19.1 Å². The molecule has 4 N–H and O–H groups in total. The van der Waals surface area contributed by atoms with Crippen LogP contribution in [0.5, 0.6) is 0 Å². The average molecular weight is 474 g/mol. The molecule has 4 rings (SSSR count). The number of nitrogens with two attached hydrogens (primary N) is 1. The van der Waals surface area contributed by atoms with E-state index >= 15 is 0 Å². The molecule has 1 fully saturated rings. The predicted octanol–water partition coefficient (Wildman–Crippen LogP) is 4.07. The van der Waals surface area contributed by atoms with Gasteiger partial charge in [0.2, 0.25) is 15.9 Å². The van der Waals surface area contributed by atoms with Crippen LogP contribution in [0.15, 0.2) is 47.4 Å². The van der Waals surface area contributed by atoms with Gasteiger partial charge in [0.15, 0.2) is 0 Å². The van der Waals surface area contributed by atoms with Crippen molar-refractivity contribution in [2.45, 2.75) is 75.3 Å². The fourth-order valence-electron chi connectivity index (χ4n) is 5.30. The third-order valence-electron chi connectivity index (χ3n) is 7.52. The topological polar surface area (TPSA) is 101 Å². The van der Waals surface area contributed by atoms with Crippen molar-refractivity contribution in [3.05, 3.63) is 59.4 Å². The maximum atomic E-state index is 13.3. The van der Waals surface area contributed by atoms with E-state index in [1.54, 1.807) is 24.3 Å². The van der Waals surface area contributed by atoms with Crippen molar-refractivity contribution in [2.75, 3.05) is 5.32 Å². The molecule has 6 nitrogen and oxygen atoms in total. The maximum absolute atomic E-state index is 13.3. The Morgan fingerprint density at radius 3 is 2.45 bits per heavy atom. The number of hydrogen-bond acceptors (Lipinski definition) is 4. The second-order valence-corrected chi connectivity index (χ2v) is 11.3. The zero-order chi connectivity index (χ0) is 23.8. The van der Waals surface area contributed by atoms with Crippen molar-refractivity contribution in [1.82, 2.24) is 4.72 Å². The van der Waals surface area contributed by atoms with Crippen molar-refractivity contribution >= 4 is 21.6 Å². The van der Waals surface area contributed by atoms with Crippen LogP contribution in [0.1, 0.15) is 63.0 Å². The molecule has 0 spiro atoms. The first-order valence-corrected chi connectivity index (χ1v) is 13.1. The van der Waals surface area contributed by atoms with Crippen LogP contribution in [0.4, 0.5) is 10.1 Å². The lowest BCUT2D eigenvalue weighted by Crippen LogP contribution is -2.48. The average Bonchev–Trinajstić information content (AvgIpc) is 2.79. The van der Waals surface area contributed by atoms with E-state index in [-0.39, 0.29) is 22.7 Å². The Morgan fingerprint density at radius 2 is 1.82 bits per heavy atom. The summed E-state index contributed by atoms with van der Waals surface area (Å²) in [6.07, 6.45) is 3.78. The summed E-state index contributed by atoms with van der Waals surface area (Å²) in [5.74, 6) is -0.912. The molecule has 2 atom stereocenters. The number of benzene rings is 2. The molecule has 33 heavy (non-hydrogen) atoms. The molecule has 0 radical (unpaired) electrons. The number of carbonyl (C=O) groups excluding carboxylic acids is 1. The quantitative estimate of drug-likeness (QED) is 0.589. The van der Waals surface area contributed by atoms with Gasteiger partial charge in [-0.3, -0.25) is 4.79 Å². The van der Waals surface area contributed by atoms with Crippen molar-refractivity contribution in [3.8, 4) is 0 Å². The van der Waals surface area contributed by atoms with Gasteiger partial charge < -0.3 is 11.1 Å². The third-order valence-corrected chi connectivity index (χ3v) is 9.04. The van der Waals surface area contributed by atoms with Crippen LogP contribution in [0.25, 0.3) is 0 Å². The van der Waals surface area contributed by atoms with Crippen LogP contribution >= 0.6 is 0 Å². The van der Waals surface area contributed by atoms with Gasteiger partial charge in [-0.25, -0.2) is 17.5 Å². The highest BCUT2D eigenvalue weighted by Crippen LogP contribution is 2.47. The first-order valence-electron chi connectivity index (χ1n) is 11.6. The molecule has 1 saturated carbocycles. The standard InChI is InChI=1S/C25H32FN3O3S/c1-16-3-4-19-15-22(9-10-23(19)28-16)33(31,32)29-21-11-13-25(14-12-21,24(27)30)17(2)18-5-7-20(26)8-6-18/h5-10,15-17,21,28-29H,3-4,11-14H2,1-2H3,(H2,27,30)/t16?,17-,21?,25?/m1/s1. The third kappa shape index (κ3) is 4.77. The number of fused-ring (bicyclic) bond motifs is 1. The van der Waals surface area contributed by atoms with Crippen LogP contribution < -0.4 is 15.8 Å². The van der Waals surface area contributed by atoms with E-state index in [1.807, 2.05) is 13.0 Å². The van der Waals surface area contributed by atoms with Gasteiger partial charge >= 0.3 is 0 Å². The van der Waals surface area contributed by atoms with E-state index in [9.17, 15) is 17.6 Å². The second-order valence-electron chi connectivity index (χ2n) is 9.59. The Morgan fingerprint density at radius 1 is 1.15 bits per heavy atom. The predicted molar refractivity (Wildman–Crippen MR) is 127 cm³/mol. The minimum atomic E-state index is -3.68. The van der Waals surface area contributed by atoms with E-state index in [0.717, 1.165) is 29.7 Å². The molecule has 1 unspecified atom stereocenters. The number of nitrogens with one attached hydrogen (secondary N) is 2. The molecule has 0 aromatic heterocycles. The summed E-state index contributed by atoms with van der Waals surface area (Å²) in [4.78, 5) is 12.8. The minimum Gasteiger partial charge on any atom is -0.382 e. The van der Waals surface area contributed by atoms with Gasteiger partial charge in [0.05, 0.1) is 10.3 Å². The molecule has 0 saturated heterocycles. The number of carbonyl (C=O) groups is 1. The SMILES string of the molecule is CC1CCc2cc(S(=O)(=O)NC3CCC(C(N)=O)([C@H](C)c4ccc(F)cc4)CC3)ccc2N1. The first kappa shape index (κ1) is 23.7. The molecule has 1 aliphatic heterocycles. The number of anilines is 1. The number of sulfonamides is 1. The number of amides is 1. The second kappa shape index (κ2) is 9.06. The van der Waals surface area contributed by atoms with Crippen molar-refractivity contribution in [1.29, 1.82) is 0 Å². The Balaban J connectivity index is 1.46. The van der Waals surface area contributed by atoms with Crippen LogP contribution in [0.3, 0.4) is 0 Å². The van der Waals surface area contributed by atoms with E-state index in [1.165, 1.54) is 12.1 Å². The summed E-state index contributed by atoms with van der Waals surface area (Å²) >= 11 is 0. The fourth-order valence-corrected chi connectivity index (χ4v) is 6.65. The molecule has 0 bridgehead atoms. The summed E-state index contributed by atoms with van der Waals surface area (Å²) in [7, 11) is -3.68. The molecule has 1 aliphatic carbocycles. The number of hydrogen-bond donors (Lipinski definition) is 3. The van der Waals surface area contributed by atoms with Gasteiger partial charge in [0, 0.05) is 17.8 Å². The lowest BCUT2D eigenvalue weighted by Gasteiger charge is -2.42. The monoisotopic (exact) mass is 473 g/mol. The van der Waals surface area contributed by atoms with Gasteiger partial charge in [-0.15, -0.1) is 0 Å². The number of halogens is 1. The Labute approximate surface area is 195 Å².